The Hall–Kier alpha value is -1.83. The van der Waals surface area contributed by atoms with E-state index in [1.165, 1.54) is 23.9 Å². The fourth-order valence-corrected chi connectivity index (χ4v) is 3.35. The van der Waals surface area contributed by atoms with Gasteiger partial charge in [-0.25, -0.2) is 9.37 Å². The maximum Gasteiger partial charge on any atom is 0.234 e. The van der Waals surface area contributed by atoms with Crippen LogP contribution < -0.4 is 5.32 Å². The maximum absolute atomic E-state index is 13.0. The first kappa shape index (κ1) is 18.0. The van der Waals surface area contributed by atoms with Gasteiger partial charge in [0.1, 0.15) is 5.82 Å². The van der Waals surface area contributed by atoms with Crippen molar-refractivity contribution < 1.29 is 9.18 Å². The van der Waals surface area contributed by atoms with E-state index in [1.807, 2.05) is 35.0 Å². The number of halogens is 3. The number of rotatable bonds is 5. The molecule has 0 unspecified atom stereocenters. The largest absolute Gasteiger partial charge is 0.324 e. The second-order valence-corrected chi connectivity index (χ2v) is 7.28. The molecule has 0 fully saturated rings. The van der Waals surface area contributed by atoms with Crippen LogP contribution in [0.15, 0.2) is 64.5 Å². The van der Waals surface area contributed by atoms with Crippen LogP contribution in [0.2, 0.25) is 5.02 Å². The molecule has 3 rings (SSSR count). The molecular formula is C17H12BrClFN3OS. The Bertz CT molecular complexity index is 901. The quantitative estimate of drug-likeness (QED) is 0.558. The van der Waals surface area contributed by atoms with Gasteiger partial charge in [-0.2, -0.15) is 0 Å². The minimum absolute atomic E-state index is 0.154. The van der Waals surface area contributed by atoms with Crippen LogP contribution in [0.5, 0.6) is 0 Å². The normalized spacial score (nSPS) is 10.7. The minimum Gasteiger partial charge on any atom is -0.324 e. The highest BCUT2D eigenvalue weighted by atomic mass is 79.9. The molecule has 2 aromatic carbocycles. The predicted octanol–water partition coefficient (Wildman–Crippen LogP) is 5.16. The standard InChI is InChI=1S/C17H12BrClFN3OS/c18-11-1-4-13(5-2-11)23-8-7-21-17(23)25-10-16(24)22-15-6-3-12(20)9-14(15)19/h1-9H,10H2,(H,22,24). The number of benzene rings is 2. The van der Waals surface area contributed by atoms with Crippen LogP contribution >= 0.6 is 39.3 Å². The lowest BCUT2D eigenvalue weighted by Crippen LogP contribution is -2.14. The summed E-state index contributed by atoms with van der Waals surface area (Å²) in [6.07, 6.45) is 3.51. The SMILES string of the molecule is O=C(CSc1nccn1-c1ccc(Br)cc1)Nc1ccc(F)cc1Cl. The minimum atomic E-state index is -0.450. The highest BCUT2D eigenvalue weighted by Gasteiger charge is 2.11. The number of hydrogen-bond donors (Lipinski definition) is 1. The maximum atomic E-state index is 13.0. The third-order valence-corrected chi connectivity index (χ3v) is 5.06. The number of nitrogens with zero attached hydrogens (tertiary/aromatic N) is 2. The van der Waals surface area contributed by atoms with Gasteiger partial charge in [0.2, 0.25) is 5.91 Å². The van der Waals surface area contributed by atoms with Gasteiger partial charge in [0.15, 0.2) is 5.16 Å². The summed E-state index contributed by atoms with van der Waals surface area (Å²) >= 11 is 10.6. The molecule has 1 N–H and O–H groups in total. The Morgan fingerprint density at radius 3 is 2.76 bits per heavy atom. The molecule has 0 saturated heterocycles. The van der Waals surface area contributed by atoms with Crippen molar-refractivity contribution in [3.05, 3.63) is 70.2 Å². The molecule has 0 aliphatic rings. The number of hydrogen-bond acceptors (Lipinski definition) is 3. The van der Waals surface area contributed by atoms with Gasteiger partial charge in [0.25, 0.3) is 0 Å². The molecule has 1 heterocycles. The molecule has 0 radical (unpaired) electrons. The number of carbonyl (C=O) groups is 1. The summed E-state index contributed by atoms with van der Waals surface area (Å²) in [5.41, 5.74) is 1.33. The molecule has 0 aliphatic heterocycles. The number of amides is 1. The van der Waals surface area contributed by atoms with E-state index in [2.05, 4.69) is 26.2 Å². The summed E-state index contributed by atoms with van der Waals surface area (Å²) < 4.78 is 15.9. The molecule has 0 spiro atoms. The molecule has 25 heavy (non-hydrogen) atoms. The third-order valence-electron chi connectivity index (χ3n) is 3.25. The number of imidazole rings is 1. The van der Waals surface area contributed by atoms with Gasteiger partial charge in [-0.1, -0.05) is 39.3 Å². The van der Waals surface area contributed by atoms with Gasteiger partial charge in [-0.3, -0.25) is 9.36 Å². The Morgan fingerprint density at radius 1 is 1.28 bits per heavy atom. The topological polar surface area (TPSA) is 46.9 Å². The highest BCUT2D eigenvalue weighted by molar-refractivity contribution is 9.10. The zero-order valence-corrected chi connectivity index (χ0v) is 15.9. The van der Waals surface area contributed by atoms with Gasteiger partial charge in [0.05, 0.1) is 16.5 Å². The van der Waals surface area contributed by atoms with Crippen molar-refractivity contribution in [3.8, 4) is 5.69 Å². The van der Waals surface area contributed by atoms with E-state index in [0.29, 0.717) is 10.8 Å². The van der Waals surface area contributed by atoms with E-state index in [0.717, 1.165) is 16.2 Å². The molecule has 1 aromatic heterocycles. The molecule has 0 atom stereocenters. The van der Waals surface area contributed by atoms with Crippen molar-refractivity contribution >= 4 is 50.9 Å². The van der Waals surface area contributed by atoms with E-state index >= 15 is 0 Å². The lowest BCUT2D eigenvalue weighted by Gasteiger charge is -2.09. The fourth-order valence-electron chi connectivity index (χ4n) is 2.10. The first-order valence-electron chi connectivity index (χ1n) is 7.20. The highest BCUT2D eigenvalue weighted by Crippen LogP contribution is 2.24. The number of thioether (sulfide) groups is 1. The van der Waals surface area contributed by atoms with E-state index in [-0.39, 0.29) is 16.7 Å². The lowest BCUT2D eigenvalue weighted by atomic mass is 10.3. The number of nitrogens with one attached hydrogen (secondary N) is 1. The van der Waals surface area contributed by atoms with Crippen LogP contribution in [-0.4, -0.2) is 21.2 Å². The van der Waals surface area contributed by atoms with Crippen LogP contribution in [0.3, 0.4) is 0 Å². The predicted molar refractivity (Wildman–Crippen MR) is 102 cm³/mol. The second kappa shape index (κ2) is 8.03. The summed E-state index contributed by atoms with van der Waals surface area (Å²) in [5.74, 6) is -0.543. The first-order valence-corrected chi connectivity index (χ1v) is 9.35. The van der Waals surface area contributed by atoms with E-state index < -0.39 is 5.82 Å². The second-order valence-electron chi connectivity index (χ2n) is 5.02. The summed E-state index contributed by atoms with van der Waals surface area (Å²) in [4.78, 5) is 16.4. The molecule has 8 heteroatoms. The molecule has 0 aliphatic carbocycles. The zero-order chi connectivity index (χ0) is 17.8. The zero-order valence-electron chi connectivity index (χ0n) is 12.7. The average molecular weight is 441 g/mol. The lowest BCUT2D eigenvalue weighted by molar-refractivity contribution is -0.113. The van der Waals surface area contributed by atoms with Crippen molar-refractivity contribution in [3.63, 3.8) is 0 Å². The Labute approximate surface area is 161 Å². The molecule has 0 saturated carbocycles. The monoisotopic (exact) mass is 439 g/mol. The van der Waals surface area contributed by atoms with Gasteiger partial charge in [0, 0.05) is 22.6 Å². The molecular weight excluding hydrogens is 429 g/mol. The molecule has 0 bridgehead atoms. The molecule has 4 nitrogen and oxygen atoms in total. The number of anilines is 1. The first-order chi connectivity index (χ1) is 12.0. The van der Waals surface area contributed by atoms with Crippen molar-refractivity contribution in [1.82, 2.24) is 9.55 Å². The van der Waals surface area contributed by atoms with E-state index in [1.54, 1.807) is 6.20 Å². The Kier molecular flexibility index (Phi) is 5.78. The molecule has 3 aromatic rings. The summed E-state index contributed by atoms with van der Waals surface area (Å²) in [6, 6.07) is 11.6. The van der Waals surface area contributed by atoms with Gasteiger partial charge in [-0.05, 0) is 42.5 Å². The van der Waals surface area contributed by atoms with Crippen molar-refractivity contribution in [2.45, 2.75) is 5.16 Å². The van der Waals surface area contributed by atoms with Crippen molar-refractivity contribution in [2.75, 3.05) is 11.1 Å². The van der Waals surface area contributed by atoms with Gasteiger partial charge >= 0.3 is 0 Å². The molecule has 128 valence electrons. The smallest absolute Gasteiger partial charge is 0.234 e. The summed E-state index contributed by atoms with van der Waals surface area (Å²) in [6.45, 7) is 0. The van der Waals surface area contributed by atoms with E-state index in [4.69, 9.17) is 11.6 Å². The van der Waals surface area contributed by atoms with E-state index in [9.17, 15) is 9.18 Å². The summed E-state index contributed by atoms with van der Waals surface area (Å²) in [5, 5.41) is 3.52. The average Bonchev–Trinajstić information content (AvgIpc) is 3.05. The Balaban J connectivity index is 1.65. The number of carbonyl (C=O) groups excluding carboxylic acids is 1. The third kappa shape index (κ3) is 4.62. The van der Waals surface area contributed by atoms with Crippen molar-refractivity contribution in [1.29, 1.82) is 0 Å². The van der Waals surface area contributed by atoms with Gasteiger partial charge in [-0.15, -0.1) is 0 Å². The van der Waals surface area contributed by atoms with Crippen LogP contribution in [0.1, 0.15) is 0 Å². The molecule has 1 amide bonds. The van der Waals surface area contributed by atoms with Crippen LogP contribution in [0.4, 0.5) is 10.1 Å². The fraction of sp³-hybridized carbons (Fsp3) is 0.0588. The number of aromatic nitrogens is 2. The van der Waals surface area contributed by atoms with Crippen LogP contribution in [0.25, 0.3) is 5.69 Å². The summed E-state index contributed by atoms with van der Waals surface area (Å²) in [7, 11) is 0. The van der Waals surface area contributed by atoms with Crippen LogP contribution in [0, 0.1) is 5.82 Å². The van der Waals surface area contributed by atoms with Gasteiger partial charge < -0.3 is 5.32 Å². The van der Waals surface area contributed by atoms with Crippen molar-refractivity contribution in [2.24, 2.45) is 0 Å². The Morgan fingerprint density at radius 2 is 2.04 bits per heavy atom. The van der Waals surface area contributed by atoms with Crippen LogP contribution in [-0.2, 0) is 4.79 Å².